The first-order valence-corrected chi connectivity index (χ1v) is 6.33. The van der Waals surface area contributed by atoms with Crippen LogP contribution in [0.3, 0.4) is 0 Å². The van der Waals surface area contributed by atoms with Crippen LogP contribution >= 0.6 is 0 Å². The van der Waals surface area contributed by atoms with E-state index in [4.69, 9.17) is 4.74 Å². The molecule has 0 amide bonds. The van der Waals surface area contributed by atoms with Crippen LogP contribution in [0.15, 0.2) is 42.5 Å². The van der Waals surface area contributed by atoms with E-state index in [1.54, 1.807) is 7.11 Å². The van der Waals surface area contributed by atoms with E-state index in [-0.39, 0.29) is 0 Å². The smallest absolute Gasteiger partial charge is 0.119 e. The molecule has 0 aliphatic heterocycles. The Morgan fingerprint density at radius 3 is 2.79 bits per heavy atom. The van der Waals surface area contributed by atoms with Crippen molar-refractivity contribution in [2.24, 2.45) is 0 Å². The Kier molecular flexibility index (Phi) is 2.95. The molecule has 96 valence electrons. The highest BCUT2D eigenvalue weighted by molar-refractivity contribution is 5.78. The van der Waals surface area contributed by atoms with Gasteiger partial charge in [-0.1, -0.05) is 24.3 Å². The number of aromatic amines is 1. The summed E-state index contributed by atoms with van der Waals surface area (Å²) in [6, 6.07) is 14.3. The summed E-state index contributed by atoms with van der Waals surface area (Å²) in [5.74, 6) is 1.86. The summed E-state index contributed by atoms with van der Waals surface area (Å²) >= 11 is 0. The normalized spacial score (nSPS) is 10.8. The molecule has 0 aliphatic rings. The van der Waals surface area contributed by atoms with Gasteiger partial charge in [0.25, 0.3) is 0 Å². The van der Waals surface area contributed by atoms with Crippen LogP contribution in [0.1, 0.15) is 17.0 Å². The molecule has 0 bridgehead atoms. The number of benzene rings is 2. The molecule has 3 heteroatoms. The topological polar surface area (TPSA) is 37.9 Å². The number of ether oxygens (including phenoxy) is 1. The number of rotatable bonds is 3. The number of hydrogen-bond donors (Lipinski definition) is 1. The fourth-order valence-electron chi connectivity index (χ4n) is 2.29. The lowest BCUT2D eigenvalue weighted by molar-refractivity contribution is 0.414. The summed E-state index contributed by atoms with van der Waals surface area (Å²) in [7, 11) is 1.68. The van der Waals surface area contributed by atoms with E-state index in [1.807, 2.05) is 24.3 Å². The minimum absolute atomic E-state index is 0.783. The molecule has 0 radical (unpaired) electrons. The van der Waals surface area contributed by atoms with Gasteiger partial charge >= 0.3 is 0 Å². The Hall–Kier alpha value is -2.29. The number of aromatic nitrogens is 2. The first-order chi connectivity index (χ1) is 9.26. The zero-order chi connectivity index (χ0) is 13.2. The van der Waals surface area contributed by atoms with E-state index in [1.165, 1.54) is 11.1 Å². The van der Waals surface area contributed by atoms with Crippen molar-refractivity contribution in [1.29, 1.82) is 0 Å². The Labute approximate surface area is 112 Å². The number of fused-ring (bicyclic) bond motifs is 1. The maximum absolute atomic E-state index is 5.24. The van der Waals surface area contributed by atoms with Crippen LogP contribution in [0, 0.1) is 6.92 Å². The number of hydrogen-bond acceptors (Lipinski definition) is 2. The van der Waals surface area contributed by atoms with Gasteiger partial charge in [0.2, 0.25) is 0 Å². The quantitative estimate of drug-likeness (QED) is 0.775. The van der Waals surface area contributed by atoms with Crippen LogP contribution in [-0.4, -0.2) is 17.1 Å². The third-order valence-electron chi connectivity index (χ3n) is 3.27. The number of H-pyrrole nitrogens is 1. The van der Waals surface area contributed by atoms with Crippen molar-refractivity contribution in [3.05, 3.63) is 59.4 Å². The molecule has 0 atom stereocenters. The van der Waals surface area contributed by atoms with Gasteiger partial charge in [0.05, 0.1) is 18.1 Å². The Balaban J connectivity index is 1.94. The second-order valence-corrected chi connectivity index (χ2v) is 4.68. The van der Waals surface area contributed by atoms with Gasteiger partial charge in [-0.05, 0) is 36.2 Å². The van der Waals surface area contributed by atoms with Crippen molar-refractivity contribution in [2.75, 3.05) is 7.11 Å². The number of para-hydroxylation sites is 1. The van der Waals surface area contributed by atoms with Gasteiger partial charge in [0, 0.05) is 6.42 Å². The van der Waals surface area contributed by atoms with E-state index < -0.39 is 0 Å². The second-order valence-electron chi connectivity index (χ2n) is 4.68. The van der Waals surface area contributed by atoms with Crippen molar-refractivity contribution >= 4 is 11.0 Å². The molecule has 0 aliphatic carbocycles. The van der Waals surface area contributed by atoms with Gasteiger partial charge in [-0.3, -0.25) is 0 Å². The summed E-state index contributed by atoms with van der Waals surface area (Å²) in [6.45, 7) is 2.08. The Morgan fingerprint density at radius 1 is 1.16 bits per heavy atom. The molecule has 1 aromatic heterocycles. The molecule has 3 aromatic rings. The summed E-state index contributed by atoms with van der Waals surface area (Å²) in [6.07, 6.45) is 0.783. The van der Waals surface area contributed by atoms with Crippen LogP contribution in [0.25, 0.3) is 11.0 Å². The maximum atomic E-state index is 5.24. The zero-order valence-corrected chi connectivity index (χ0v) is 11.1. The summed E-state index contributed by atoms with van der Waals surface area (Å²) in [4.78, 5) is 8.04. The van der Waals surface area contributed by atoms with Crippen molar-refractivity contribution in [1.82, 2.24) is 9.97 Å². The van der Waals surface area contributed by atoms with Crippen LogP contribution in [0.2, 0.25) is 0 Å². The molecular weight excluding hydrogens is 236 g/mol. The molecule has 19 heavy (non-hydrogen) atoms. The van der Waals surface area contributed by atoms with E-state index in [2.05, 4.69) is 35.1 Å². The molecule has 0 saturated heterocycles. The van der Waals surface area contributed by atoms with E-state index >= 15 is 0 Å². The molecule has 1 heterocycles. The zero-order valence-electron chi connectivity index (χ0n) is 11.1. The number of imidazole rings is 1. The molecule has 3 nitrogen and oxygen atoms in total. The van der Waals surface area contributed by atoms with Gasteiger partial charge in [0.15, 0.2) is 0 Å². The minimum atomic E-state index is 0.783. The Morgan fingerprint density at radius 2 is 2.00 bits per heavy atom. The predicted octanol–water partition coefficient (Wildman–Crippen LogP) is 3.47. The van der Waals surface area contributed by atoms with Crippen molar-refractivity contribution in [2.45, 2.75) is 13.3 Å². The fourth-order valence-corrected chi connectivity index (χ4v) is 2.29. The largest absolute Gasteiger partial charge is 0.497 e. The average Bonchev–Trinajstić information content (AvgIpc) is 2.83. The molecule has 0 saturated carbocycles. The van der Waals surface area contributed by atoms with Gasteiger partial charge in [-0.15, -0.1) is 0 Å². The third-order valence-corrected chi connectivity index (χ3v) is 3.27. The lowest BCUT2D eigenvalue weighted by Gasteiger charge is -2.02. The lowest BCUT2D eigenvalue weighted by Crippen LogP contribution is -1.91. The van der Waals surface area contributed by atoms with Crippen LogP contribution in [0.5, 0.6) is 5.75 Å². The summed E-state index contributed by atoms with van der Waals surface area (Å²) < 4.78 is 5.24. The number of nitrogens with one attached hydrogen (secondary N) is 1. The highest BCUT2D eigenvalue weighted by Crippen LogP contribution is 2.19. The second kappa shape index (κ2) is 4.76. The fraction of sp³-hybridized carbons (Fsp3) is 0.188. The number of nitrogens with zero attached hydrogens (tertiary/aromatic N) is 1. The highest BCUT2D eigenvalue weighted by Gasteiger charge is 2.06. The van der Waals surface area contributed by atoms with Crippen LogP contribution < -0.4 is 4.74 Å². The Bertz CT molecular complexity index is 716. The summed E-state index contributed by atoms with van der Waals surface area (Å²) in [5.41, 5.74) is 4.54. The molecule has 2 aromatic carbocycles. The predicted molar refractivity (Wildman–Crippen MR) is 76.6 cm³/mol. The summed E-state index contributed by atoms with van der Waals surface area (Å²) in [5, 5.41) is 0. The van der Waals surface area contributed by atoms with Crippen molar-refractivity contribution < 1.29 is 4.74 Å². The number of aryl methyl sites for hydroxylation is 1. The van der Waals surface area contributed by atoms with Gasteiger partial charge < -0.3 is 9.72 Å². The highest BCUT2D eigenvalue weighted by atomic mass is 16.5. The SMILES string of the molecule is COc1cccc(Cc2nc3c(C)cccc3[nH]2)c1. The molecular formula is C16H16N2O. The van der Waals surface area contributed by atoms with Crippen LogP contribution in [-0.2, 0) is 6.42 Å². The molecule has 1 N–H and O–H groups in total. The minimum Gasteiger partial charge on any atom is -0.497 e. The van der Waals surface area contributed by atoms with E-state index in [9.17, 15) is 0 Å². The standard InChI is InChI=1S/C16H16N2O/c1-11-5-3-8-14-16(11)18-15(17-14)10-12-6-4-7-13(9-12)19-2/h3-9H,10H2,1-2H3,(H,17,18). The first-order valence-electron chi connectivity index (χ1n) is 6.33. The lowest BCUT2D eigenvalue weighted by atomic mass is 10.1. The van der Waals surface area contributed by atoms with Gasteiger partial charge in [0.1, 0.15) is 11.6 Å². The molecule has 0 fully saturated rings. The monoisotopic (exact) mass is 252 g/mol. The molecule has 0 unspecified atom stereocenters. The van der Waals surface area contributed by atoms with Gasteiger partial charge in [-0.25, -0.2) is 4.98 Å². The molecule has 3 rings (SSSR count). The van der Waals surface area contributed by atoms with E-state index in [0.717, 1.165) is 29.0 Å². The maximum Gasteiger partial charge on any atom is 0.119 e. The van der Waals surface area contributed by atoms with Crippen molar-refractivity contribution in [3.8, 4) is 5.75 Å². The van der Waals surface area contributed by atoms with Crippen LogP contribution in [0.4, 0.5) is 0 Å². The number of methoxy groups -OCH3 is 1. The van der Waals surface area contributed by atoms with Gasteiger partial charge in [-0.2, -0.15) is 0 Å². The third kappa shape index (κ3) is 2.32. The average molecular weight is 252 g/mol. The molecule has 0 spiro atoms. The van der Waals surface area contributed by atoms with E-state index in [0.29, 0.717) is 0 Å². The van der Waals surface area contributed by atoms with Crippen molar-refractivity contribution in [3.63, 3.8) is 0 Å². The first kappa shape index (κ1) is 11.8.